The second-order valence-corrected chi connectivity index (χ2v) is 5.49. The van der Waals surface area contributed by atoms with Gasteiger partial charge in [0.1, 0.15) is 6.33 Å². The van der Waals surface area contributed by atoms with Crippen molar-refractivity contribution in [2.45, 2.75) is 32.7 Å². The summed E-state index contributed by atoms with van der Waals surface area (Å²) in [6.45, 7) is 3.49. The predicted octanol–water partition coefficient (Wildman–Crippen LogP) is 2.30. The number of carbonyl (C=O) groups is 1. The van der Waals surface area contributed by atoms with E-state index in [4.69, 9.17) is 0 Å². The maximum absolute atomic E-state index is 12.4. The van der Waals surface area contributed by atoms with Crippen LogP contribution >= 0.6 is 0 Å². The van der Waals surface area contributed by atoms with Crippen LogP contribution in [0.25, 0.3) is 0 Å². The highest BCUT2D eigenvalue weighted by atomic mass is 16.2. The topological polar surface area (TPSA) is 46.1 Å². The summed E-state index contributed by atoms with van der Waals surface area (Å²) >= 11 is 0. The molecule has 0 radical (unpaired) electrons. The molecular formula is C17H19N3O. The lowest BCUT2D eigenvalue weighted by Gasteiger charge is -2.28. The van der Waals surface area contributed by atoms with Gasteiger partial charge in [-0.2, -0.15) is 0 Å². The van der Waals surface area contributed by atoms with Gasteiger partial charge in [-0.3, -0.25) is 4.79 Å². The van der Waals surface area contributed by atoms with Crippen LogP contribution in [0.4, 0.5) is 0 Å². The molecule has 1 amide bonds. The first-order valence-corrected chi connectivity index (χ1v) is 7.34. The Balaban J connectivity index is 1.61. The van der Waals surface area contributed by atoms with Crippen molar-refractivity contribution < 1.29 is 4.79 Å². The molecular weight excluding hydrogens is 262 g/mol. The van der Waals surface area contributed by atoms with Gasteiger partial charge >= 0.3 is 0 Å². The molecule has 1 aliphatic heterocycles. The minimum Gasteiger partial charge on any atom is -0.338 e. The number of rotatable bonds is 3. The first-order valence-electron chi connectivity index (χ1n) is 7.34. The molecule has 1 aliphatic rings. The number of benzene rings is 1. The summed E-state index contributed by atoms with van der Waals surface area (Å²) in [5, 5.41) is 0. The monoisotopic (exact) mass is 281 g/mol. The second-order valence-electron chi connectivity index (χ2n) is 5.49. The van der Waals surface area contributed by atoms with Gasteiger partial charge in [-0.1, -0.05) is 24.3 Å². The van der Waals surface area contributed by atoms with Gasteiger partial charge in [0.2, 0.25) is 5.91 Å². The van der Waals surface area contributed by atoms with Gasteiger partial charge in [0.15, 0.2) is 0 Å². The Hall–Kier alpha value is -2.23. The lowest BCUT2D eigenvalue weighted by Crippen LogP contribution is -2.36. The van der Waals surface area contributed by atoms with Crippen LogP contribution in [-0.2, 0) is 24.2 Å². The van der Waals surface area contributed by atoms with Crippen molar-refractivity contribution in [3.05, 3.63) is 59.2 Å². The Bertz CT molecular complexity index is 654. The molecule has 0 saturated heterocycles. The summed E-state index contributed by atoms with van der Waals surface area (Å²) in [6, 6.07) is 8.25. The van der Waals surface area contributed by atoms with Crippen LogP contribution in [0.15, 0.2) is 36.8 Å². The first-order chi connectivity index (χ1) is 10.2. The zero-order valence-corrected chi connectivity index (χ0v) is 12.2. The molecule has 0 aliphatic carbocycles. The minimum absolute atomic E-state index is 0.216. The molecule has 1 aromatic carbocycles. The summed E-state index contributed by atoms with van der Waals surface area (Å²) in [5.74, 6) is 0.216. The zero-order chi connectivity index (χ0) is 14.7. The van der Waals surface area contributed by atoms with Gasteiger partial charge in [0.05, 0.1) is 5.69 Å². The van der Waals surface area contributed by atoms with Gasteiger partial charge in [-0.15, -0.1) is 0 Å². The zero-order valence-electron chi connectivity index (χ0n) is 12.2. The van der Waals surface area contributed by atoms with E-state index in [1.54, 1.807) is 6.33 Å². The van der Waals surface area contributed by atoms with Gasteiger partial charge in [-0.25, -0.2) is 9.97 Å². The van der Waals surface area contributed by atoms with Crippen LogP contribution in [0.5, 0.6) is 0 Å². The standard InChI is InChI=1S/C17H19N3O/c1-13-4-2-3-5-14(13)6-7-17(21)20-9-8-16-15(11-20)10-18-12-19-16/h2-5,10,12H,6-9,11H2,1H3. The largest absolute Gasteiger partial charge is 0.338 e. The van der Waals surface area contributed by atoms with Gasteiger partial charge in [-0.05, 0) is 24.5 Å². The van der Waals surface area contributed by atoms with Gasteiger partial charge < -0.3 is 4.90 Å². The SMILES string of the molecule is Cc1ccccc1CCC(=O)N1CCc2ncncc2C1. The number of hydrogen-bond acceptors (Lipinski definition) is 3. The Morgan fingerprint density at radius 2 is 2.19 bits per heavy atom. The Labute approximate surface area is 124 Å². The summed E-state index contributed by atoms with van der Waals surface area (Å²) < 4.78 is 0. The fourth-order valence-electron chi connectivity index (χ4n) is 2.77. The first kappa shape index (κ1) is 13.7. The lowest BCUT2D eigenvalue weighted by molar-refractivity contribution is -0.132. The maximum Gasteiger partial charge on any atom is 0.223 e. The lowest BCUT2D eigenvalue weighted by atomic mass is 10.0. The average Bonchev–Trinajstić information content (AvgIpc) is 2.53. The summed E-state index contributed by atoms with van der Waals surface area (Å²) in [7, 11) is 0. The molecule has 0 spiro atoms. The maximum atomic E-state index is 12.4. The fraction of sp³-hybridized carbons (Fsp3) is 0.353. The van der Waals surface area contributed by atoms with E-state index in [2.05, 4.69) is 29.0 Å². The van der Waals surface area contributed by atoms with Crippen LogP contribution < -0.4 is 0 Å². The highest BCUT2D eigenvalue weighted by Gasteiger charge is 2.21. The van der Waals surface area contributed by atoms with Crippen molar-refractivity contribution in [3.8, 4) is 0 Å². The Morgan fingerprint density at radius 1 is 1.33 bits per heavy atom. The molecule has 2 aromatic rings. The summed E-state index contributed by atoms with van der Waals surface area (Å²) in [5.41, 5.74) is 4.66. The second kappa shape index (κ2) is 6.04. The molecule has 0 fully saturated rings. The molecule has 4 heteroatoms. The smallest absolute Gasteiger partial charge is 0.223 e. The molecule has 0 bridgehead atoms. The van der Waals surface area contributed by atoms with Gasteiger partial charge in [0.25, 0.3) is 0 Å². The minimum atomic E-state index is 0.216. The van der Waals surface area contributed by atoms with E-state index in [0.717, 1.165) is 30.6 Å². The number of carbonyl (C=O) groups excluding carboxylic acids is 1. The van der Waals surface area contributed by atoms with Crippen molar-refractivity contribution in [2.75, 3.05) is 6.54 Å². The molecule has 2 heterocycles. The van der Waals surface area contributed by atoms with E-state index in [9.17, 15) is 4.79 Å². The number of aryl methyl sites for hydroxylation is 2. The number of aromatic nitrogens is 2. The van der Waals surface area contributed by atoms with E-state index in [0.29, 0.717) is 13.0 Å². The molecule has 1 aromatic heterocycles. The molecule has 3 rings (SSSR count). The Morgan fingerprint density at radius 3 is 3.05 bits per heavy atom. The Kier molecular flexibility index (Phi) is 3.95. The third-order valence-electron chi connectivity index (χ3n) is 4.08. The highest BCUT2D eigenvalue weighted by Crippen LogP contribution is 2.17. The summed E-state index contributed by atoms with van der Waals surface area (Å²) in [6.07, 6.45) is 5.60. The molecule has 0 atom stereocenters. The normalized spacial score (nSPS) is 13.9. The average molecular weight is 281 g/mol. The van der Waals surface area contributed by atoms with Crippen molar-refractivity contribution in [2.24, 2.45) is 0 Å². The van der Waals surface area contributed by atoms with E-state index < -0.39 is 0 Å². The van der Waals surface area contributed by atoms with E-state index >= 15 is 0 Å². The quantitative estimate of drug-likeness (QED) is 0.867. The summed E-state index contributed by atoms with van der Waals surface area (Å²) in [4.78, 5) is 22.6. The number of hydrogen-bond donors (Lipinski definition) is 0. The van der Waals surface area contributed by atoms with Crippen LogP contribution in [-0.4, -0.2) is 27.3 Å². The van der Waals surface area contributed by atoms with E-state index in [-0.39, 0.29) is 5.91 Å². The van der Waals surface area contributed by atoms with E-state index in [1.165, 1.54) is 11.1 Å². The number of nitrogens with zero attached hydrogens (tertiary/aromatic N) is 3. The molecule has 0 N–H and O–H groups in total. The van der Waals surface area contributed by atoms with Crippen LogP contribution in [0.3, 0.4) is 0 Å². The van der Waals surface area contributed by atoms with Crippen LogP contribution in [0.2, 0.25) is 0 Å². The fourth-order valence-corrected chi connectivity index (χ4v) is 2.77. The number of fused-ring (bicyclic) bond motifs is 1. The third kappa shape index (κ3) is 3.10. The number of amides is 1. The van der Waals surface area contributed by atoms with Crippen molar-refractivity contribution >= 4 is 5.91 Å². The van der Waals surface area contributed by atoms with Gasteiger partial charge in [0, 0.05) is 37.7 Å². The third-order valence-corrected chi connectivity index (χ3v) is 4.08. The molecule has 0 unspecified atom stereocenters. The highest BCUT2D eigenvalue weighted by molar-refractivity contribution is 5.76. The molecule has 4 nitrogen and oxygen atoms in total. The van der Waals surface area contributed by atoms with Crippen LogP contribution in [0.1, 0.15) is 28.8 Å². The van der Waals surface area contributed by atoms with E-state index in [1.807, 2.05) is 23.2 Å². The van der Waals surface area contributed by atoms with Crippen molar-refractivity contribution in [3.63, 3.8) is 0 Å². The van der Waals surface area contributed by atoms with Crippen molar-refractivity contribution in [1.82, 2.24) is 14.9 Å². The van der Waals surface area contributed by atoms with Crippen LogP contribution in [0, 0.1) is 6.92 Å². The molecule has 21 heavy (non-hydrogen) atoms. The van der Waals surface area contributed by atoms with Crippen molar-refractivity contribution in [1.29, 1.82) is 0 Å². The predicted molar refractivity (Wildman–Crippen MR) is 80.7 cm³/mol. The molecule has 108 valence electrons. The molecule has 0 saturated carbocycles.